The normalized spacial score (nSPS) is 11.2. The molecule has 3 aromatic rings. The summed E-state index contributed by atoms with van der Waals surface area (Å²) in [5, 5.41) is 2.65. The van der Waals surface area contributed by atoms with Gasteiger partial charge in [-0.1, -0.05) is 30.3 Å². The third-order valence-corrected chi connectivity index (χ3v) is 4.40. The van der Waals surface area contributed by atoms with E-state index in [9.17, 15) is 18.0 Å². The molecule has 0 aliphatic carbocycles. The lowest BCUT2D eigenvalue weighted by Crippen LogP contribution is -2.23. The number of pyridine rings is 1. The summed E-state index contributed by atoms with van der Waals surface area (Å²) in [6, 6.07) is 17.6. The summed E-state index contributed by atoms with van der Waals surface area (Å²) >= 11 is 0. The second kappa shape index (κ2) is 8.77. The number of carbonyl (C=O) groups is 1. The van der Waals surface area contributed by atoms with Crippen LogP contribution in [0.1, 0.15) is 28.4 Å². The number of benzene rings is 2. The van der Waals surface area contributed by atoms with Crippen LogP contribution < -0.4 is 10.2 Å². The number of nitrogens with one attached hydrogen (secondary N) is 1. The van der Waals surface area contributed by atoms with E-state index in [2.05, 4.69) is 15.2 Å². The Labute approximate surface area is 167 Å². The average Bonchev–Trinajstić information content (AvgIpc) is 2.73. The fraction of sp³-hybridized carbons (Fsp3) is 0.182. The Hall–Kier alpha value is -3.35. The Morgan fingerprint density at radius 3 is 2.24 bits per heavy atom. The number of rotatable bonds is 6. The van der Waals surface area contributed by atoms with Crippen molar-refractivity contribution in [2.75, 3.05) is 16.8 Å². The third kappa shape index (κ3) is 5.34. The van der Waals surface area contributed by atoms with Crippen molar-refractivity contribution in [3.8, 4) is 0 Å². The van der Waals surface area contributed by atoms with Gasteiger partial charge in [0, 0.05) is 18.7 Å². The van der Waals surface area contributed by atoms with Crippen LogP contribution in [-0.2, 0) is 12.7 Å². The molecule has 1 heterocycles. The summed E-state index contributed by atoms with van der Waals surface area (Å²) in [6.45, 7) is 3.51. The highest BCUT2D eigenvalue weighted by Crippen LogP contribution is 2.29. The van der Waals surface area contributed by atoms with Crippen LogP contribution in [0.25, 0.3) is 0 Å². The van der Waals surface area contributed by atoms with Crippen molar-refractivity contribution in [3.63, 3.8) is 0 Å². The van der Waals surface area contributed by atoms with Crippen molar-refractivity contribution in [1.29, 1.82) is 0 Å². The second-order valence-electron chi connectivity index (χ2n) is 6.43. The Morgan fingerprint density at radius 2 is 1.69 bits per heavy atom. The predicted molar refractivity (Wildman–Crippen MR) is 107 cm³/mol. The van der Waals surface area contributed by atoms with Crippen molar-refractivity contribution in [3.05, 3.63) is 89.6 Å². The lowest BCUT2D eigenvalue weighted by Gasteiger charge is -2.22. The molecule has 2 aromatic carbocycles. The van der Waals surface area contributed by atoms with Crippen LogP contribution in [0, 0.1) is 0 Å². The molecule has 0 aliphatic heterocycles. The molecule has 7 heteroatoms. The first-order valence-corrected chi connectivity index (χ1v) is 9.10. The third-order valence-electron chi connectivity index (χ3n) is 4.40. The van der Waals surface area contributed by atoms with Gasteiger partial charge in [0.15, 0.2) is 0 Å². The Kier molecular flexibility index (Phi) is 6.16. The van der Waals surface area contributed by atoms with Gasteiger partial charge >= 0.3 is 6.18 Å². The van der Waals surface area contributed by atoms with Gasteiger partial charge in [0.1, 0.15) is 5.82 Å². The molecule has 0 aliphatic rings. The molecule has 1 N–H and O–H groups in total. The number of anilines is 2. The van der Waals surface area contributed by atoms with Gasteiger partial charge in [-0.3, -0.25) is 4.79 Å². The van der Waals surface area contributed by atoms with Gasteiger partial charge in [-0.2, -0.15) is 13.2 Å². The highest BCUT2D eigenvalue weighted by atomic mass is 19.4. The standard InChI is InChI=1S/C22H20F3N3O/c1-2-28(15-16-6-4-3-5-7-16)20-13-12-19(14-26-20)27-21(29)17-8-10-18(11-9-17)22(23,24)25/h3-14H,2,15H2,1H3,(H,27,29). The quantitative estimate of drug-likeness (QED) is 0.605. The predicted octanol–water partition coefficient (Wildman–Crippen LogP) is 5.38. The van der Waals surface area contributed by atoms with Crippen LogP contribution in [0.3, 0.4) is 0 Å². The van der Waals surface area contributed by atoms with Crippen LogP contribution >= 0.6 is 0 Å². The van der Waals surface area contributed by atoms with E-state index in [-0.39, 0.29) is 5.56 Å². The van der Waals surface area contributed by atoms with Gasteiger partial charge in [-0.25, -0.2) is 4.98 Å². The molecule has 0 unspecified atom stereocenters. The van der Waals surface area contributed by atoms with Crippen LogP contribution in [0.4, 0.5) is 24.7 Å². The number of hydrogen-bond acceptors (Lipinski definition) is 3. The molecule has 150 valence electrons. The SMILES string of the molecule is CCN(Cc1ccccc1)c1ccc(NC(=O)c2ccc(C(F)(F)F)cc2)cn1. The van der Waals surface area contributed by atoms with E-state index in [4.69, 9.17) is 0 Å². The van der Waals surface area contributed by atoms with Gasteiger partial charge in [0.25, 0.3) is 5.91 Å². The van der Waals surface area contributed by atoms with E-state index in [0.717, 1.165) is 42.2 Å². The number of aromatic nitrogens is 1. The first-order chi connectivity index (χ1) is 13.9. The molecule has 1 amide bonds. The van der Waals surface area contributed by atoms with E-state index in [1.807, 2.05) is 37.3 Å². The number of alkyl halides is 3. The summed E-state index contributed by atoms with van der Waals surface area (Å²) in [5.41, 5.74) is 0.977. The minimum atomic E-state index is -4.43. The molecule has 29 heavy (non-hydrogen) atoms. The smallest absolute Gasteiger partial charge is 0.353 e. The zero-order valence-corrected chi connectivity index (χ0v) is 15.8. The number of hydrogen-bond donors (Lipinski definition) is 1. The van der Waals surface area contributed by atoms with E-state index in [1.54, 1.807) is 12.1 Å². The molecule has 0 spiro atoms. The van der Waals surface area contributed by atoms with E-state index in [1.165, 1.54) is 6.20 Å². The minimum Gasteiger partial charge on any atom is -0.353 e. The maximum absolute atomic E-state index is 12.6. The van der Waals surface area contributed by atoms with Crippen molar-refractivity contribution in [2.24, 2.45) is 0 Å². The Bertz CT molecular complexity index is 940. The molecule has 0 atom stereocenters. The maximum atomic E-state index is 12.6. The van der Waals surface area contributed by atoms with E-state index >= 15 is 0 Å². The van der Waals surface area contributed by atoms with Gasteiger partial charge in [0.2, 0.25) is 0 Å². The molecular weight excluding hydrogens is 379 g/mol. The highest BCUT2D eigenvalue weighted by molar-refractivity contribution is 6.04. The van der Waals surface area contributed by atoms with Crippen molar-refractivity contribution < 1.29 is 18.0 Å². The fourth-order valence-electron chi connectivity index (χ4n) is 2.82. The molecule has 3 rings (SSSR count). The van der Waals surface area contributed by atoms with Crippen molar-refractivity contribution >= 4 is 17.4 Å². The molecule has 1 aromatic heterocycles. The van der Waals surface area contributed by atoms with Gasteiger partial charge < -0.3 is 10.2 Å². The molecular formula is C22H20F3N3O. The molecule has 0 fully saturated rings. The monoisotopic (exact) mass is 399 g/mol. The number of halogens is 3. The fourth-order valence-corrected chi connectivity index (χ4v) is 2.82. The first kappa shape index (κ1) is 20.4. The lowest BCUT2D eigenvalue weighted by molar-refractivity contribution is -0.137. The number of nitrogens with zero attached hydrogens (tertiary/aromatic N) is 2. The van der Waals surface area contributed by atoms with Crippen LogP contribution in [0.15, 0.2) is 72.9 Å². The largest absolute Gasteiger partial charge is 0.416 e. The van der Waals surface area contributed by atoms with Gasteiger partial charge in [0.05, 0.1) is 17.4 Å². The summed E-state index contributed by atoms with van der Waals surface area (Å²) in [7, 11) is 0. The molecule has 0 bridgehead atoms. The van der Waals surface area contributed by atoms with Crippen LogP contribution in [0.5, 0.6) is 0 Å². The second-order valence-corrected chi connectivity index (χ2v) is 6.43. The maximum Gasteiger partial charge on any atom is 0.416 e. The average molecular weight is 399 g/mol. The molecule has 0 saturated heterocycles. The van der Waals surface area contributed by atoms with Crippen LogP contribution in [0.2, 0.25) is 0 Å². The van der Waals surface area contributed by atoms with E-state index < -0.39 is 17.6 Å². The molecule has 0 radical (unpaired) electrons. The Morgan fingerprint density at radius 1 is 1.00 bits per heavy atom. The van der Waals surface area contributed by atoms with E-state index in [0.29, 0.717) is 12.2 Å². The van der Waals surface area contributed by atoms with Crippen molar-refractivity contribution in [1.82, 2.24) is 4.98 Å². The summed E-state index contributed by atoms with van der Waals surface area (Å²) in [4.78, 5) is 18.8. The topological polar surface area (TPSA) is 45.2 Å². The van der Waals surface area contributed by atoms with Gasteiger partial charge in [-0.05, 0) is 48.9 Å². The Balaban J connectivity index is 1.65. The summed E-state index contributed by atoms with van der Waals surface area (Å²) in [5.74, 6) is 0.272. The molecule has 0 saturated carbocycles. The van der Waals surface area contributed by atoms with Gasteiger partial charge in [-0.15, -0.1) is 0 Å². The highest BCUT2D eigenvalue weighted by Gasteiger charge is 2.30. The molecule has 4 nitrogen and oxygen atoms in total. The lowest BCUT2D eigenvalue weighted by atomic mass is 10.1. The van der Waals surface area contributed by atoms with Crippen molar-refractivity contribution in [2.45, 2.75) is 19.6 Å². The zero-order valence-electron chi connectivity index (χ0n) is 15.8. The zero-order chi connectivity index (χ0) is 20.9. The number of carbonyl (C=O) groups excluding carboxylic acids is 1. The summed E-state index contributed by atoms with van der Waals surface area (Å²) in [6.07, 6.45) is -2.90. The van der Waals surface area contributed by atoms with Crippen LogP contribution in [-0.4, -0.2) is 17.4 Å². The summed E-state index contributed by atoms with van der Waals surface area (Å²) < 4.78 is 37.9. The minimum absolute atomic E-state index is 0.140. The number of amides is 1. The first-order valence-electron chi connectivity index (χ1n) is 9.10.